The van der Waals surface area contributed by atoms with Crippen molar-refractivity contribution in [2.75, 3.05) is 20.2 Å². The van der Waals surface area contributed by atoms with Crippen LogP contribution in [0.3, 0.4) is 0 Å². The number of ether oxygens (including phenoxy) is 1. The van der Waals surface area contributed by atoms with Gasteiger partial charge in [0.15, 0.2) is 5.96 Å². The van der Waals surface area contributed by atoms with E-state index < -0.39 is 18.1 Å². The number of methoxy groups -OCH3 is 1. The highest BCUT2D eigenvalue weighted by Gasteiger charge is 2.22. The first-order valence-electron chi connectivity index (χ1n) is 11.8. The molecular formula is C26H38ClN5O3. The van der Waals surface area contributed by atoms with Gasteiger partial charge in [0, 0.05) is 30.7 Å². The number of aliphatic hydroxyl groups excluding tert-OH is 1. The number of benzene rings is 2. The molecule has 9 heteroatoms. The van der Waals surface area contributed by atoms with Gasteiger partial charge in [-0.15, -0.1) is 0 Å². The van der Waals surface area contributed by atoms with Crippen LogP contribution in [0.1, 0.15) is 40.7 Å². The van der Waals surface area contributed by atoms with E-state index in [4.69, 9.17) is 27.5 Å². The summed E-state index contributed by atoms with van der Waals surface area (Å²) in [5.41, 5.74) is 11.5. The number of carbonyl (C=O) groups is 1. The summed E-state index contributed by atoms with van der Waals surface area (Å²) >= 11 is 5.87. The Balaban J connectivity index is 1.66. The molecule has 0 aromatic heterocycles. The third kappa shape index (κ3) is 8.72. The molecule has 8 nitrogen and oxygen atoms in total. The number of guanidine groups is 1. The lowest BCUT2D eigenvalue weighted by Crippen LogP contribution is -2.47. The molecule has 7 N–H and O–H groups in total. The smallest absolute Gasteiger partial charge is 0.250 e. The zero-order valence-electron chi connectivity index (χ0n) is 21.0. The zero-order chi connectivity index (χ0) is 26.0. The highest BCUT2D eigenvalue weighted by atomic mass is 35.5. The average molecular weight is 504 g/mol. The minimum absolute atomic E-state index is 0.214. The summed E-state index contributed by atoms with van der Waals surface area (Å²) in [6, 6.07) is 8.73. The molecule has 0 saturated carbocycles. The van der Waals surface area contributed by atoms with Crippen molar-refractivity contribution < 1.29 is 14.6 Å². The standard InChI is InChI=1S/C26H38ClN5O3/c1-16-14-23(35-4)18(3)17(2)21(16)15-32-26(29)31-12-5-6-22(28)24(33)25(34)30-13-11-19-7-9-20(27)10-8-19/h7-10,14,22,24,33H,5-6,11-13,15,28H2,1-4H3,(H,30,34)(H3,29,31,32)/t22-,24?/m0/s1. The predicted molar refractivity (Wildman–Crippen MR) is 141 cm³/mol. The maximum absolute atomic E-state index is 12.2. The molecule has 0 aliphatic carbocycles. The first-order valence-corrected chi connectivity index (χ1v) is 12.2. The normalized spacial score (nSPS) is 12.5. The maximum atomic E-state index is 12.2. The molecule has 1 unspecified atom stereocenters. The number of hydrogen-bond acceptors (Lipinski definition) is 5. The molecule has 0 aliphatic heterocycles. The Morgan fingerprint density at radius 2 is 1.80 bits per heavy atom. The molecule has 0 fully saturated rings. The van der Waals surface area contributed by atoms with Crippen molar-refractivity contribution in [3.63, 3.8) is 0 Å². The van der Waals surface area contributed by atoms with Crippen molar-refractivity contribution in [3.05, 3.63) is 63.2 Å². The topological polar surface area (TPSA) is 132 Å². The van der Waals surface area contributed by atoms with Crippen molar-refractivity contribution in [1.82, 2.24) is 16.0 Å². The minimum atomic E-state index is -1.28. The van der Waals surface area contributed by atoms with Crippen LogP contribution in [0.25, 0.3) is 0 Å². The number of aryl methyl sites for hydroxylation is 1. The fourth-order valence-electron chi connectivity index (χ4n) is 3.81. The van der Waals surface area contributed by atoms with E-state index in [9.17, 15) is 9.90 Å². The van der Waals surface area contributed by atoms with E-state index in [0.29, 0.717) is 43.9 Å². The molecule has 192 valence electrons. The second-order valence-electron chi connectivity index (χ2n) is 8.70. The van der Waals surface area contributed by atoms with Crippen LogP contribution in [0.4, 0.5) is 0 Å². The van der Waals surface area contributed by atoms with Gasteiger partial charge in [-0.2, -0.15) is 0 Å². The number of nitrogens with one attached hydrogen (secondary N) is 4. The van der Waals surface area contributed by atoms with Gasteiger partial charge in [0.25, 0.3) is 0 Å². The third-order valence-electron chi connectivity index (χ3n) is 6.19. The molecule has 0 aliphatic rings. The van der Waals surface area contributed by atoms with E-state index in [-0.39, 0.29) is 5.96 Å². The lowest BCUT2D eigenvalue weighted by Gasteiger charge is -2.19. The average Bonchev–Trinajstić information content (AvgIpc) is 2.84. The summed E-state index contributed by atoms with van der Waals surface area (Å²) in [6.45, 7) is 7.55. The number of carbonyl (C=O) groups excluding carboxylic acids is 1. The zero-order valence-corrected chi connectivity index (χ0v) is 21.8. The molecule has 0 saturated heterocycles. The number of aliphatic hydroxyl groups is 1. The summed E-state index contributed by atoms with van der Waals surface area (Å²) in [6.07, 6.45) is 0.420. The van der Waals surface area contributed by atoms with Crippen molar-refractivity contribution in [2.24, 2.45) is 5.73 Å². The molecule has 0 spiro atoms. The number of halogens is 1. The number of rotatable bonds is 12. The van der Waals surface area contributed by atoms with Gasteiger partial charge in [0.2, 0.25) is 5.91 Å². The van der Waals surface area contributed by atoms with Crippen molar-refractivity contribution in [2.45, 2.75) is 58.7 Å². The molecular weight excluding hydrogens is 466 g/mol. The van der Waals surface area contributed by atoms with E-state index in [1.54, 1.807) is 19.2 Å². The SMILES string of the molecule is COc1cc(C)c(CNC(=N)NCCC[C@H](N)C(O)C(=O)NCCc2ccc(Cl)cc2)c(C)c1C. The Labute approximate surface area is 213 Å². The van der Waals surface area contributed by atoms with Crippen LogP contribution >= 0.6 is 11.6 Å². The highest BCUT2D eigenvalue weighted by Crippen LogP contribution is 2.27. The highest BCUT2D eigenvalue weighted by molar-refractivity contribution is 6.30. The molecule has 0 bridgehead atoms. The van der Waals surface area contributed by atoms with E-state index in [1.165, 1.54) is 0 Å². The molecule has 0 radical (unpaired) electrons. The summed E-state index contributed by atoms with van der Waals surface area (Å²) in [4.78, 5) is 12.2. The second kappa shape index (κ2) is 13.9. The number of amides is 1. The first kappa shape index (κ1) is 28.4. The summed E-state index contributed by atoms with van der Waals surface area (Å²) in [5.74, 6) is 0.603. The van der Waals surface area contributed by atoms with Crippen molar-refractivity contribution >= 4 is 23.5 Å². The fourth-order valence-corrected chi connectivity index (χ4v) is 3.94. The van der Waals surface area contributed by atoms with Crippen molar-refractivity contribution in [3.8, 4) is 5.75 Å². The van der Waals surface area contributed by atoms with Crippen LogP contribution < -0.4 is 26.4 Å². The van der Waals surface area contributed by atoms with E-state index in [2.05, 4.69) is 22.9 Å². The Morgan fingerprint density at radius 1 is 1.11 bits per heavy atom. The van der Waals surface area contributed by atoms with Crippen LogP contribution in [0.2, 0.25) is 5.02 Å². The summed E-state index contributed by atoms with van der Waals surface area (Å²) in [5, 5.41) is 27.8. The van der Waals surface area contributed by atoms with Crippen LogP contribution in [0.15, 0.2) is 30.3 Å². The number of nitrogens with two attached hydrogens (primary N) is 1. The Bertz CT molecular complexity index is 997. The summed E-state index contributed by atoms with van der Waals surface area (Å²) < 4.78 is 5.41. The van der Waals surface area contributed by atoms with Gasteiger partial charge in [-0.1, -0.05) is 23.7 Å². The molecule has 1 amide bonds. The quantitative estimate of drug-likeness (QED) is 0.150. The van der Waals surface area contributed by atoms with Crippen LogP contribution in [0.5, 0.6) is 5.75 Å². The predicted octanol–water partition coefficient (Wildman–Crippen LogP) is 2.72. The number of hydrogen-bond donors (Lipinski definition) is 6. The maximum Gasteiger partial charge on any atom is 0.250 e. The molecule has 2 aromatic rings. The lowest BCUT2D eigenvalue weighted by molar-refractivity contribution is -0.130. The van der Waals surface area contributed by atoms with Gasteiger partial charge in [-0.05, 0) is 86.1 Å². The molecule has 2 aromatic carbocycles. The van der Waals surface area contributed by atoms with E-state index >= 15 is 0 Å². The van der Waals surface area contributed by atoms with Crippen LogP contribution in [0, 0.1) is 26.2 Å². The van der Waals surface area contributed by atoms with Gasteiger partial charge < -0.3 is 31.5 Å². The second-order valence-corrected chi connectivity index (χ2v) is 9.13. The van der Waals surface area contributed by atoms with Gasteiger partial charge in [0.1, 0.15) is 11.9 Å². The molecule has 2 atom stereocenters. The molecule has 0 heterocycles. The third-order valence-corrected chi connectivity index (χ3v) is 6.44. The summed E-state index contributed by atoms with van der Waals surface area (Å²) in [7, 11) is 1.67. The van der Waals surface area contributed by atoms with E-state index in [0.717, 1.165) is 33.6 Å². The van der Waals surface area contributed by atoms with Gasteiger partial charge in [-0.3, -0.25) is 10.2 Å². The van der Waals surface area contributed by atoms with Gasteiger partial charge in [-0.25, -0.2) is 0 Å². The lowest BCUT2D eigenvalue weighted by atomic mass is 9.97. The Hall–Kier alpha value is -2.81. The monoisotopic (exact) mass is 503 g/mol. The Morgan fingerprint density at radius 3 is 2.46 bits per heavy atom. The van der Waals surface area contributed by atoms with Crippen LogP contribution in [-0.2, 0) is 17.8 Å². The van der Waals surface area contributed by atoms with Crippen molar-refractivity contribution in [1.29, 1.82) is 5.41 Å². The van der Waals surface area contributed by atoms with Gasteiger partial charge in [0.05, 0.1) is 7.11 Å². The molecule has 2 rings (SSSR count). The first-order chi connectivity index (χ1) is 16.6. The van der Waals surface area contributed by atoms with E-state index in [1.807, 2.05) is 32.0 Å². The largest absolute Gasteiger partial charge is 0.496 e. The molecule has 35 heavy (non-hydrogen) atoms. The fraction of sp³-hybridized carbons (Fsp3) is 0.462. The Kier molecular flexibility index (Phi) is 11.3. The van der Waals surface area contributed by atoms with Crippen LogP contribution in [-0.4, -0.2) is 49.3 Å². The van der Waals surface area contributed by atoms with Gasteiger partial charge >= 0.3 is 0 Å². The minimum Gasteiger partial charge on any atom is -0.496 e.